The highest BCUT2D eigenvalue weighted by molar-refractivity contribution is 5.89. The number of nitrogens with one attached hydrogen (secondary N) is 1. The molecule has 3 aromatic carbocycles. The van der Waals surface area contributed by atoms with Crippen LogP contribution in [0.2, 0.25) is 0 Å². The quantitative estimate of drug-likeness (QED) is 0.414. The van der Waals surface area contributed by atoms with Crippen molar-refractivity contribution in [2.24, 2.45) is 0 Å². The van der Waals surface area contributed by atoms with E-state index in [4.69, 9.17) is 10.5 Å². The molecule has 0 saturated carbocycles. The molecule has 0 bridgehead atoms. The number of nitrogen functional groups attached to an aromatic ring is 1. The molecule has 0 aliphatic rings. The molecule has 4 rings (SSSR count). The van der Waals surface area contributed by atoms with E-state index in [1.165, 1.54) is 0 Å². The van der Waals surface area contributed by atoms with Crippen molar-refractivity contribution in [3.05, 3.63) is 78.0 Å². The van der Waals surface area contributed by atoms with Gasteiger partial charge in [0.15, 0.2) is 0 Å². The van der Waals surface area contributed by atoms with Crippen LogP contribution in [0.4, 0.5) is 11.6 Å². The second-order valence-corrected chi connectivity index (χ2v) is 7.75. The molecule has 1 aromatic heterocycles. The second-order valence-electron chi connectivity index (χ2n) is 7.75. The van der Waals surface area contributed by atoms with Gasteiger partial charge >= 0.3 is 0 Å². The Balaban J connectivity index is 1.81. The van der Waals surface area contributed by atoms with Crippen LogP contribution < -0.4 is 15.8 Å². The summed E-state index contributed by atoms with van der Waals surface area (Å²) in [5.41, 5.74) is 11.9. The molecule has 4 aromatic rings. The maximum absolute atomic E-state index is 6.28. The average molecular weight is 399 g/mol. The average Bonchev–Trinajstić information content (AvgIpc) is 2.73. The van der Waals surface area contributed by atoms with E-state index in [1.54, 1.807) is 0 Å². The molecule has 5 heteroatoms. The lowest BCUT2D eigenvalue weighted by Gasteiger charge is -2.16. The fourth-order valence-electron chi connectivity index (χ4n) is 3.38. The van der Waals surface area contributed by atoms with Crippen LogP contribution in [-0.2, 0) is 6.61 Å². The van der Waals surface area contributed by atoms with Gasteiger partial charge in [-0.25, -0.2) is 9.97 Å². The number of fused-ring (bicyclic) bond motifs is 1. The minimum absolute atomic E-state index is 0.255. The van der Waals surface area contributed by atoms with Crippen molar-refractivity contribution in [2.75, 3.05) is 11.1 Å². The second kappa shape index (κ2) is 8.41. The Bertz CT molecular complexity index is 1170. The highest BCUT2D eigenvalue weighted by Crippen LogP contribution is 2.37. The zero-order valence-corrected chi connectivity index (χ0v) is 17.5. The van der Waals surface area contributed by atoms with Crippen LogP contribution in [0.3, 0.4) is 0 Å². The molecule has 30 heavy (non-hydrogen) atoms. The fraction of sp³-hybridized carbons (Fsp3) is 0.200. The molecule has 5 nitrogen and oxygen atoms in total. The number of anilines is 2. The third-order valence-corrected chi connectivity index (χ3v) is 4.89. The SMILES string of the molecule is Cc1ccc(N)cc1-c1cc2cnc(NC(C)C)nc2cc1OCc1ccccc1. The van der Waals surface area contributed by atoms with Crippen LogP contribution in [-0.4, -0.2) is 16.0 Å². The lowest BCUT2D eigenvalue weighted by atomic mass is 9.97. The fourth-order valence-corrected chi connectivity index (χ4v) is 3.38. The molecule has 0 amide bonds. The predicted octanol–water partition coefficient (Wildman–Crippen LogP) is 5.59. The Hall–Kier alpha value is -3.60. The first kappa shape index (κ1) is 19.7. The van der Waals surface area contributed by atoms with E-state index in [-0.39, 0.29) is 6.04 Å². The largest absolute Gasteiger partial charge is 0.488 e. The van der Waals surface area contributed by atoms with E-state index in [9.17, 15) is 0 Å². The third-order valence-electron chi connectivity index (χ3n) is 4.89. The summed E-state index contributed by atoms with van der Waals surface area (Å²) in [4.78, 5) is 9.14. The standard InChI is InChI=1S/C25H26N4O/c1-16(2)28-25-27-14-19-11-22(21-12-20(26)10-9-17(21)3)24(13-23(19)29-25)30-15-18-7-5-4-6-8-18/h4-14,16H,15,26H2,1-3H3,(H,27,28,29). The summed E-state index contributed by atoms with van der Waals surface area (Å²) in [6.45, 7) is 6.68. The number of ether oxygens (including phenoxy) is 1. The topological polar surface area (TPSA) is 73.1 Å². The van der Waals surface area contributed by atoms with Crippen molar-refractivity contribution in [1.82, 2.24) is 9.97 Å². The van der Waals surface area contributed by atoms with E-state index < -0.39 is 0 Å². The number of nitrogens with zero attached hydrogens (tertiary/aromatic N) is 2. The van der Waals surface area contributed by atoms with Crippen molar-refractivity contribution >= 4 is 22.5 Å². The van der Waals surface area contributed by atoms with E-state index in [0.717, 1.165) is 44.6 Å². The molecule has 0 spiro atoms. The van der Waals surface area contributed by atoms with Gasteiger partial charge in [0, 0.05) is 34.9 Å². The number of aromatic nitrogens is 2. The number of nitrogens with two attached hydrogens (primary N) is 1. The summed E-state index contributed by atoms with van der Waals surface area (Å²) in [6, 6.07) is 20.4. The lowest BCUT2D eigenvalue weighted by Crippen LogP contribution is -2.12. The molecule has 0 saturated heterocycles. The number of benzene rings is 3. The van der Waals surface area contributed by atoms with Gasteiger partial charge in [0.25, 0.3) is 0 Å². The summed E-state index contributed by atoms with van der Waals surface area (Å²) in [5, 5.41) is 4.21. The summed E-state index contributed by atoms with van der Waals surface area (Å²) < 4.78 is 6.28. The van der Waals surface area contributed by atoms with Gasteiger partial charge in [0.05, 0.1) is 5.52 Å². The molecule has 0 fully saturated rings. The Kier molecular flexibility index (Phi) is 5.53. The highest BCUT2D eigenvalue weighted by Gasteiger charge is 2.14. The Morgan fingerprint density at radius 2 is 1.80 bits per heavy atom. The molecule has 0 unspecified atom stereocenters. The smallest absolute Gasteiger partial charge is 0.223 e. The summed E-state index contributed by atoms with van der Waals surface area (Å²) in [6.07, 6.45) is 1.85. The van der Waals surface area contributed by atoms with Gasteiger partial charge in [-0.05, 0) is 55.7 Å². The maximum Gasteiger partial charge on any atom is 0.223 e. The number of aryl methyl sites for hydroxylation is 1. The summed E-state index contributed by atoms with van der Waals surface area (Å²) in [5.74, 6) is 1.38. The number of hydrogen-bond acceptors (Lipinski definition) is 5. The Morgan fingerprint density at radius 1 is 1.00 bits per heavy atom. The molecule has 1 heterocycles. The van der Waals surface area contributed by atoms with Crippen molar-refractivity contribution in [2.45, 2.75) is 33.4 Å². The first-order valence-corrected chi connectivity index (χ1v) is 10.1. The molecule has 0 atom stereocenters. The zero-order chi connectivity index (χ0) is 21.1. The lowest BCUT2D eigenvalue weighted by molar-refractivity contribution is 0.308. The van der Waals surface area contributed by atoms with E-state index >= 15 is 0 Å². The molecule has 3 N–H and O–H groups in total. The first-order valence-electron chi connectivity index (χ1n) is 10.1. The van der Waals surface area contributed by atoms with Gasteiger partial charge in [-0.3, -0.25) is 0 Å². The van der Waals surface area contributed by atoms with Crippen LogP contribution in [0.25, 0.3) is 22.0 Å². The van der Waals surface area contributed by atoms with Crippen LogP contribution in [0.1, 0.15) is 25.0 Å². The van der Waals surface area contributed by atoms with Gasteiger partial charge in [0.2, 0.25) is 5.95 Å². The van der Waals surface area contributed by atoms with Gasteiger partial charge in [-0.15, -0.1) is 0 Å². The van der Waals surface area contributed by atoms with Crippen molar-refractivity contribution in [3.63, 3.8) is 0 Å². The van der Waals surface area contributed by atoms with Crippen LogP contribution in [0.15, 0.2) is 66.9 Å². The highest BCUT2D eigenvalue weighted by atomic mass is 16.5. The van der Waals surface area contributed by atoms with Crippen LogP contribution in [0.5, 0.6) is 5.75 Å². The monoisotopic (exact) mass is 398 g/mol. The molecular weight excluding hydrogens is 372 g/mol. The van der Waals surface area contributed by atoms with E-state index in [0.29, 0.717) is 12.6 Å². The minimum atomic E-state index is 0.255. The normalized spacial score (nSPS) is 11.1. The van der Waals surface area contributed by atoms with Gasteiger partial charge in [-0.1, -0.05) is 36.4 Å². The molecular formula is C25H26N4O. The van der Waals surface area contributed by atoms with Crippen molar-refractivity contribution in [3.8, 4) is 16.9 Å². The van der Waals surface area contributed by atoms with Crippen molar-refractivity contribution in [1.29, 1.82) is 0 Å². The molecule has 0 aliphatic carbocycles. The van der Waals surface area contributed by atoms with E-state index in [1.807, 2.05) is 48.7 Å². The predicted molar refractivity (Wildman–Crippen MR) is 124 cm³/mol. The van der Waals surface area contributed by atoms with E-state index in [2.05, 4.69) is 54.3 Å². The Labute approximate surface area is 176 Å². The van der Waals surface area contributed by atoms with Gasteiger partial charge < -0.3 is 15.8 Å². The maximum atomic E-state index is 6.28. The molecule has 0 aliphatic heterocycles. The minimum Gasteiger partial charge on any atom is -0.488 e. The first-order chi connectivity index (χ1) is 14.5. The van der Waals surface area contributed by atoms with Crippen LogP contribution >= 0.6 is 0 Å². The third kappa shape index (κ3) is 4.35. The Morgan fingerprint density at radius 3 is 2.57 bits per heavy atom. The van der Waals surface area contributed by atoms with Gasteiger partial charge in [-0.2, -0.15) is 0 Å². The summed E-state index contributed by atoms with van der Waals surface area (Å²) >= 11 is 0. The molecule has 152 valence electrons. The number of rotatable bonds is 6. The molecule has 0 radical (unpaired) electrons. The van der Waals surface area contributed by atoms with Crippen molar-refractivity contribution < 1.29 is 4.74 Å². The van der Waals surface area contributed by atoms with Gasteiger partial charge in [0.1, 0.15) is 12.4 Å². The zero-order valence-electron chi connectivity index (χ0n) is 17.5. The van der Waals surface area contributed by atoms with Crippen LogP contribution in [0, 0.1) is 6.92 Å². The number of hydrogen-bond donors (Lipinski definition) is 2. The summed E-state index contributed by atoms with van der Waals surface area (Å²) in [7, 11) is 0.